The molecule has 1 aromatic carbocycles. The molecule has 0 saturated carbocycles. The summed E-state index contributed by atoms with van der Waals surface area (Å²) in [6.07, 6.45) is 0.464. The Morgan fingerprint density at radius 3 is 3.00 bits per heavy atom. The van der Waals surface area contributed by atoms with Crippen molar-refractivity contribution >= 4 is 11.0 Å². The van der Waals surface area contributed by atoms with E-state index in [2.05, 4.69) is 9.97 Å². The summed E-state index contributed by atoms with van der Waals surface area (Å²) in [5, 5.41) is 18.0. The highest BCUT2D eigenvalue weighted by atomic mass is 16.3. The largest absolute Gasteiger partial charge is 0.508 e. The average Bonchev–Trinajstić information content (AvgIpc) is 2.60. The van der Waals surface area contributed by atoms with E-state index in [4.69, 9.17) is 10.8 Å². The average molecular weight is 207 g/mol. The van der Waals surface area contributed by atoms with Crippen molar-refractivity contribution in [3.63, 3.8) is 0 Å². The fourth-order valence-corrected chi connectivity index (χ4v) is 1.47. The smallest absolute Gasteiger partial charge is 0.124 e. The van der Waals surface area contributed by atoms with Crippen LogP contribution in [0.4, 0.5) is 0 Å². The monoisotopic (exact) mass is 207 g/mol. The molecule has 1 aromatic heterocycles. The molecule has 5 nitrogen and oxygen atoms in total. The minimum absolute atomic E-state index is 0.0312. The Bertz CT molecular complexity index is 467. The van der Waals surface area contributed by atoms with Gasteiger partial charge in [0, 0.05) is 12.7 Å². The summed E-state index contributed by atoms with van der Waals surface area (Å²) >= 11 is 0. The minimum Gasteiger partial charge on any atom is -0.508 e. The van der Waals surface area contributed by atoms with E-state index in [0.717, 1.165) is 11.0 Å². The summed E-state index contributed by atoms with van der Waals surface area (Å²) in [7, 11) is 0. The lowest BCUT2D eigenvalue weighted by atomic mass is 10.2. The number of aliphatic hydroxyl groups is 1. The van der Waals surface area contributed by atoms with Gasteiger partial charge in [-0.05, 0) is 18.6 Å². The molecular weight excluding hydrogens is 194 g/mol. The van der Waals surface area contributed by atoms with Crippen LogP contribution < -0.4 is 5.73 Å². The van der Waals surface area contributed by atoms with E-state index < -0.39 is 0 Å². The van der Waals surface area contributed by atoms with Crippen LogP contribution in [0.15, 0.2) is 18.2 Å². The van der Waals surface area contributed by atoms with Crippen molar-refractivity contribution in [1.29, 1.82) is 0 Å². The van der Waals surface area contributed by atoms with Crippen LogP contribution in [0.3, 0.4) is 0 Å². The molecule has 80 valence electrons. The van der Waals surface area contributed by atoms with Gasteiger partial charge in [-0.2, -0.15) is 0 Å². The highest BCUT2D eigenvalue weighted by Gasteiger charge is 2.10. The first-order valence-corrected chi connectivity index (χ1v) is 4.76. The van der Waals surface area contributed by atoms with Gasteiger partial charge < -0.3 is 20.9 Å². The molecule has 1 atom stereocenters. The number of benzene rings is 1. The van der Waals surface area contributed by atoms with E-state index in [1.54, 1.807) is 18.2 Å². The van der Waals surface area contributed by atoms with Gasteiger partial charge in [-0.1, -0.05) is 0 Å². The van der Waals surface area contributed by atoms with E-state index in [1.807, 2.05) is 0 Å². The number of hydrogen-bond donors (Lipinski definition) is 4. The Morgan fingerprint density at radius 2 is 2.27 bits per heavy atom. The van der Waals surface area contributed by atoms with Crippen LogP contribution in [0.5, 0.6) is 5.75 Å². The number of phenols is 1. The number of fused-ring (bicyclic) bond motifs is 1. The van der Waals surface area contributed by atoms with Crippen molar-refractivity contribution in [3.05, 3.63) is 24.0 Å². The number of hydrogen-bond acceptors (Lipinski definition) is 4. The van der Waals surface area contributed by atoms with Gasteiger partial charge in [0.25, 0.3) is 0 Å². The lowest BCUT2D eigenvalue weighted by molar-refractivity contribution is 0.275. The molecule has 0 aliphatic heterocycles. The summed E-state index contributed by atoms with van der Waals surface area (Å²) in [6.45, 7) is 0.0312. The van der Waals surface area contributed by atoms with Crippen molar-refractivity contribution in [2.45, 2.75) is 12.5 Å². The predicted octanol–water partition coefficient (Wildman–Crippen LogP) is 0.651. The summed E-state index contributed by atoms with van der Waals surface area (Å²) in [5.41, 5.74) is 7.30. The Hall–Kier alpha value is -1.59. The maximum absolute atomic E-state index is 9.26. The number of aliphatic hydroxyl groups excluding tert-OH is 1. The molecule has 1 unspecified atom stereocenters. The first kappa shape index (κ1) is 9.95. The Kier molecular flexibility index (Phi) is 2.57. The third kappa shape index (κ3) is 1.93. The fourth-order valence-electron chi connectivity index (χ4n) is 1.47. The maximum Gasteiger partial charge on any atom is 0.124 e. The van der Waals surface area contributed by atoms with Crippen LogP contribution in [0.1, 0.15) is 18.3 Å². The summed E-state index contributed by atoms with van der Waals surface area (Å²) in [6, 6.07) is 4.59. The van der Waals surface area contributed by atoms with Crippen LogP contribution in [0.2, 0.25) is 0 Å². The van der Waals surface area contributed by atoms with Gasteiger partial charge in [-0.3, -0.25) is 0 Å². The quantitative estimate of drug-likeness (QED) is 0.594. The van der Waals surface area contributed by atoms with Crippen molar-refractivity contribution in [2.24, 2.45) is 5.73 Å². The number of aromatic amines is 1. The van der Waals surface area contributed by atoms with Crippen molar-refractivity contribution in [2.75, 3.05) is 6.61 Å². The molecule has 0 aliphatic rings. The fraction of sp³-hybridized carbons (Fsp3) is 0.300. The Labute approximate surface area is 86.6 Å². The Morgan fingerprint density at radius 1 is 1.47 bits per heavy atom. The van der Waals surface area contributed by atoms with Gasteiger partial charge in [-0.25, -0.2) is 4.98 Å². The maximum atomic E-state index is 9.26. The molecule has 0 amide bonds. The molecule has 1 heterocycles. The lowest BCUT2D eigenvalue weighted by Gasteiger charge is -2.04. The molecule has 2 rings (SSSR count). The Balaban J connectivity index is 2.38. The first-order chi connectivity index (χ1) is 7.20. The number of rotatable bonds is 3. The van der Waals surface area contributed by atoms with Gasteiger partial charge in [-0.15, -0.1) is 0 Å². The second kappa shape index (κ2) is 3.88. The zero-order chi connectivity index (χ0) is 10.8. The topological polar surface area (TPSA) is 95.2 Å². The number of phenolic OH excluding ortho intramolecular Hbond substituents is 1. The third-order valence-electron chi connectivity index (χ3n) is 2.28. The SMILES string of the molecule is NC(CCO)c1nc2ccc(O)cc2[nH]1. The molecule has 2 aromatic rings. The van der Waals surface area contributed by atoms with Gasteiger partial charge in [0.05, 0.1) is 17.1 Å². The minimum atomic E-state index is -0.301. The number of imidazole rings is 1. The van der Waals surface area contributed by atoms with Gasteiger partial charge in [0.1, 0.15) is 11.6 Å². The zero-order valence-corrected chi connectivity index (χ0v) is 8.14. The number of aromatic nitrogens is 2. The second-order valence-electron chi connectivity index (χ2n) is 3.44. The number of nitrogens with two attached hydrogens (primary N) is 1. The highest BCUT2D eigenvalue weighted by Crippen LogP contribution is 2.20. The van der Waals surface area contributed by atoms with Crippen LogP contribution in [-0.4, -0.2) is 26.8 Å². The molecule has 15 heavy (non-hydrogen) atoms. The van der Waals surface area contributed by atoms with E-state index in [1.165, 1.54) is 0 Å². The summed E-state index contributed by atoms with van der Waals surface area (Å²) < 4.78 is 0. The zero-order valence-electron chi connectivity index (χ0n) is 8.14. The van der Waals surface area contributed by atoms with Crippen LogP contribution >= 0.6 is 0 Å². The number of aromatic hydroxyl groups is 1. The number of nitrogens with zero attached hydrogens (tertiary/aromatic N) is 1. The van der Waals surface area contributed by atoms with Crippen molar-refractivity contribution in [3.8, 4) is 5.75 Å². The van der Waals surface area contributed by atoms with E-state index in [9.17, 15) is 5.11 Å². The first-order valence-electron chi connectivity index (χ1n) is 4.76. The van der Waals surface area contributed by atoms with Gasteiger partial charge >= 0.3 is 0 Å². The lowest BCUT2D eigenvalue weighted by Crippen LogP contribution is -2.13. The molecule has 0 fully saturated rings. The van der Waals surface area contributed by atoms with Crippen molar-refractivity contribution < 1.29 is 10.2 Å². The molecule has 0 saturated heterocycles. The van der Waals surface area contributed by atoms with E-state index in [-0.39, 0.29) is 18.4 Å². The molecular formula is C10H13N3O2. The van der Waals surface area contributed by atoms with Gasteiger partial charge in [0.2, 0.25) is 0 Å². The summed E-state index contributed by atoms with van der Waals surface area (Å²) in [5.74, 6) is 0.818. The van der Waals surface area contributed by atoms with E-state index in [0.29, 0.717) is 12.2 Å². The molecule has 5 N–H and O–H groups in total. The second-order valence-corrected chi connectivity index (χ2v) is 3.44. The predicted molar refractivity (Wildman–Crippen MR) is 56.4 cm³/mol. The van der Waals surface area contributed by atoms with Crippen LogP contribution in [-0.2, 0) is 0 Å². The highest BCUT2D eigenvalue weighted by molar-refractivity contribution is 5.76. The molecule has 0 aliphatic carbocycles. The van der Waals surface area contributed by atoms with E-state index >= 15 is 0 Å². The molecule has 0 radical (unpaired) electrons. The number of nitrogens with one attached hydrogen (secondary N) is 1. The van der Waals surface area contributed by atoms with Gasteiger partial charge in [0.15, 0.2) is 0 Å². The van der Waals surface area contributed by atoms with Crippen molar-refractivity contribution in [1.82, 2.24) is 9.97 Å². The molecule has 0 spiro atoms. The number of H-pyrrole nitrogens is 1. The molecule has 5 heteroatoms. The van der Waals surface area contributed by atoms with Crippen LogP contribution in [0.25, 0.3) is 11.0 Å². The normalized spacial score (nSPS) is 13.2. The summed E-state index contributed by atoms with van der Waals surface area (Å²) in [4.78, 5) is 7.28. The molecule has 0 bridgehead atoms. The third-order valence-corrected chi connectivity index (χ3v) is 2.28. The van der Waals surface area contributed by atoms with Crippen LogP contribution in [0, 0.1) is 0 Å². The standard InChI is InChI=1S/C10H13N3O2/c11-7(3-4-14)10-12-8-2-1-6(15)5-9(8)13-10/h1-2,5,7,14-15H,3-4,11H2,(H,12,13).